The lowest BCUT2D eigenvalue weighted by atomic mass is 10.3. The van der Waals surface area contributed by atoms with Gasteiger partial charge < -0.3 is 10.6 Å². The fraction of sp³-hybridized carbons (Fsp3) is 0.250. The number of aromatic nitrogens is 3. The second-order valence-electron chi connectivity index (χ2n) is 5.30. The molecule has 0 aliphatic rings. The number of primary amides is 1. The van der Waals surface area contributed by atoms with Crippen LogP contribution in [0.15, 0.2) is 35.4 Å². The zero-order valence-corrected chi connectivity index (χ0v) is 14.2. The Kier molecular flexibility index (Phi) is 4.30. The number of hydrogen-bond acceptors (Lipinski definition) is 6. The van der Waals surface area contributed by atoms with Gasteiger partial charge in [0.15, 0.2) is 4.96 Å². The summed E-state index contributed by atoms with van der Waals surface area (Å²) >= 11 is 1.29. The smallest absolute Gasteiger partial charge is 0.266 e. The SMILES string of the molecule is CCN(Cc1cc(=O)n2c(C(N)=O)c(C)sc2n1)c1cccnc1. The average molecular weight is 343 g/mol. The van der Waals surface area contributed by atoms with E-state index < -0.39 is 5.91 Å². The molecule has 0 fully saturated rings. The molecule has 0 unspecified atom stereocenters. The van der Waals surface area contributed by atoms with Gasteiger partial charge in [-0.1, -0.05) is 0 Å². The molecule has 3 rings (SSSR count). The summed E-state index contributed by atoms with van der Waals surface area (Å²) in [5.41, 5.74) is 6.89. The molecular formula is C16H17N5O2S. The largest absolute Gasteiger partial charge is 0.365 e. The predicted molar refractivity (Wildman–Crippen MR) is 93.6 cm³/mol. The van der Waals surface area contributed by atoms with Crippen molar-refractivity contribution in [2.75, 3.05) is 11.4 Å². The lowest BCUT2D eigenvalue weighted by Crippen LogP contribution is -2.26. The molecule has 8 heteroatoms. The van der Waals surface area contributed by atoms with Gasteiger partial charge in [0.05, 0.1) is 24.1 Å². The third-order valence-electron chi connectivity index (χ3n) is 3.72. The van der Waals surface area contributed by atoms with Gasteiger partial charge in [-0.25, -0.2) is 9.38 Å². The number of pyridine rings is 1. The van der Waals surface area contributed by atoms with E-state index in [2.05, 4.69) is 14.9 Å². The minimum absolute atomic E-state index is 0.207. The number of anilines is 1. The Balaban J connectivity index is 2.02. The Hall–Kier alpha value is -2.74. The Labute approximate surface area is 142 Å². The number of carbonyl (C=O) groups is 1. The summed E-state index contributed by atoms with van der Waals surface area (Å²) in [7, 11) is 0. The Bertz CT molecular complexity index is 948. The maximum Gasteiger partial charge on any atom is 0.266 e. The van der Waals surface area contributed by atoms with Crippen LogP contribution in [0.25, 0.3) is 4.96 Å². The van der Waals surface area contributed by atoms with Crippen molar-refractivity contribution < 1.29 is 4.79 Å². The van der Waals surface area contributed by atoms with Gasteiger partial charge >= 0.3 is 0 Å². The third-order valence-corrected chi connectivity index (χ3v) is 4.68. The first-order valence-electron chi connectivity index (χ1n) is 7.48. The van der Waals surface area contributed by atoms with E-state index in [4.69, 9.17) is 5.73 Å². The number of carbonyl (C=O) groups excluding carboxylic acids is 1. The van der Waals surface area contributed by atoms with Crippen LogP contribution >= 0.6 is 11.3 Å². The van der Waals surface area contributed by atoms with Gasteiger partial charge in [0.25, 0.3) is 11.5 Å². The number of hydrogen-bond donors (Lipinski definition) is 1. The highest BCUT2D eigenvalue weighted by atomic mass is 32.1. The minimum Gasteiger partial charge on any atom is -0.365 e. The first kappa shape index (κ1) is 16.1. The molecule has 2 N–H and O–H groups in total. The summed E-state index contributed by atoms with van der Waals surface area (Å²) in [6, 6.07) is 5.28. The van der Waals surface area contributed by atoms with Gasteiger partial charge in [0, 0.05) is 23.7 Å². The van der Waals surface area contributed by atoms with Gasteiger partial charge in [-0.05, 0) is 26.0 Å². The van der Waals surface area contributed by atoms with E-state index in [1.165, 1.54) is 21.8 Å². The lowest BCUT2D eigenvalue weighted by Gasteiger charge is -2.22. The quantitative estimate of drug-likeness (QED) is 0.759. The summed E-state index contributed by atoms with van der Waals surface area (Å²) in [6.07, 6.45) is 3.49. The van der Waals surface area contributed by atoms with Gasteiger partial charge in [-0.2, -0.15) is 0 Å². The Morgan fingerprint density at radius 2 is 2.25 bits per heavy atom. The molecule has 3 aromatic rings. The number of thiazole rings is 1. The van der Waals surface area contributed by atoms with Crippen LogP contribution < -0.4 is 16.2 Å². The number of nitrogens with two attached hydrogens (primary N) is 1. The summed E-state index contributed by atoms with van der Waals surface area (Å²) in [6.45, 7) is 5.02. The number of rotatable bonds is 5. The zero-order chi connectivity index (χ0) is 17.3. The van der Waals surface area contributed by atoms with Crippen molar-refractivity contribution in [3.63, 3.8) is 0 Å². The van der Waals surface area contributed by atoms with Crippen molar-refractivity contribution in [3.05, 3.63) is 57.2 Å². The number of aryl methyl sites for hydroxylation is 1. The molecule has 0 aliphatic heterocycles. The maximum atomic E-state index is 12.4. The van der Waals surface area contributed by atoms with Crippen LogP contribution in [-0.2, 0) is 6.54 Å². The minimum atomic E-state index is -0.624. The van der Waals surface area contributed by atoms with Gasteiger partial charge in [-0.3, -0.25) is 14.6 Å². The van der Waals surface area contributed by atoms with Crippen molar-refractivity contribution in [3.8, 4) is 0 Å². The fourth-order valence-electron chi connectivity index (χ4n) is 2.61. The van der Waals surface area contributed by atoms with Crippen LogP contribution in [0, 0.1) is 6.92 Å². The summed E-state index contributed by atoms with van der Waals surface area (Å²) in [5, 5.41) is 0. The van der Waals surface area contributed by atoms with E-state index in [1.54, 1.807) is 19.3 Å². The molecule has 0 saturated heterocycles. The summed E-state index contributed by atoms with van der Waals surface area (Å²) in [4.78, 5) is 35.9. The lowest BCUT2D eigenvalue weighted by molar-refractivity contribution is 0.0994. The highest BCUT2D eigenvalue weighted by Crippen LogP contribution is 2.20. The molecule has 0 aromatic carbocycles. The molecule has 0 spiro atoms. The van der Waals surface area contributed by atoms with E-state index in [-0.39, 0.29) is 11.3 Å². The molecule has 7 nitrogen and oxygen atoms in total. The molecule has 0 bridgehead atoms. The van der Waals surface area contributed by atoms with Crippen LogP contribution in [0.5, 0.6) is 0 Å². The van der Waals surface area contributed by atoms with Crippen molar-refractivity contribution in [2.24, 2.45) is 5.73 Å². The van der Waals surface area contributed by atoms with Crippen molar-refractivity contribution in [1.29, 1.82) is 0 Å². The standard InChI is InChI=1S/C16H17N5O2S/c1-3-20(12-5-4-6-18-8-12)9-11-7-13(22)21-14(15(17)23)10(2)24-16(21)19-11/h4-8H,3,9H2,1-2H3,(H2,17,23). The topological polar surface area (TPSA) is 93.6 Å². The second-order valence-corrected chi connectivity index (χ2v) is 6.48. The molecule has 0 aliphatic carbocycles. The van der Waals surface area contributed by atoms with Crippen LogP contribution in [0.3, 0.4) is 0 Å². The first-order chi connectivity index (χ1) is 11.5. The number of amides is 1. The van der Waals surface area contributed by atoms with E-state index >= 15 is 0 Å². The molecule has 24 heavy (non-hydrogen) atoms. The third kappa shape index (κ3) is 2.88. The molecule has 3 heterocycles. The van der Waals surface area contributed by atoms with Crippen molar-refractivity contribution in [1.82, 2.24) is 14.4 Å². The van der Waals surface area contributed by atoms with Crippen LogP contribution in [0.2, 0.25) is 0 Å². The molecule has 0 atom stereocenters. The number of nitrogens with zero attached hydrogens (tertiary/aromatic N) is 4. The maximum absolute atomic E-state index is 12.4. The summed E-state index contributed by atoms with van der Waals surface area (Å²) < 4.78 is 1.28. The van der Waals surface area contributed by atoms with Crippen LogP contribution in [0.4, 0.5) is 5.69 Å². The molecule has 0 radical (unpaired) electrons. The molecule has 3 aromatic heterocycles. The summed E-state index contributed by atoms with van der Waals surface area (Å²) in [5.74, 6) is -0.624. The highest BCUT2D eigenvalue weighted by Gasteiger charge is 2.17. The average Bonchev–Trinajstić information content (AvgIpc) is 2.90. The van der Waals surface area contributed by atoms with Crippen LogP contribution in [0.1, 0.15) is 28.0 Å². The predicted octanol–water partition coefficient (Wildman–Crippen LogP) is 1.58. The number of fused-ring (bicyclic) bond motifs is 1. The molecule has 124 valence electrons. The van der Waals surface area contributed by atoms with Crippen molar-refractivity contribution >= 4 is 27.9 Å². The van der Waals surface area contributed by atoms with Gasteiger partial charge in [0.1, 0.15) is 5.69 Å². The molecule has 1 amide bonds. The molecule has 0 saturated carbocycles. The Morgan fingerprint density at radius 1 is 1.46 bits per heavy atom. The highest BCUT2D eigenvalue weighted by molar-refractivity contribution is 7.17. The van der Waals surface area contributed by atoms with Crippen LogP contribution in [-0.4, -0.2) is 26.8 Å². The van der Waals surface area contributed by atoms with Crippen molar-refractivity contribution in [2.45, 2.75) is 20.4 Å². The van der Waals surface area contributed by atoms with E-state index in [9.17, 15) is 9.59 Å². The van der Waals surface area contributed by atoms with E-state index in [1.807, 2.05) is 19.1 Å². The van der Waals surface area contributed by atoms with E-state index in [0.717, 1.165) is 12.2 Å². The Morgan fingerprint density at radius 3 is 2.88 bits per heavy atom. The monoisotopic (exact) mass is 343 g/mol. The normalized spacial score (nSPS) is 10.9. The first-order valence-corrected chi connectivity index (χ1v) is 8.29. The zero-order valence-electron chi connectivity index (χ0n) is 13.4. The van der Waals surface area contributed by atoms with Gasteiger partial charge in [-0.15, -0.1) is 11.3 Å². The second kappa shape index (κ2) is 6.40. The van der Waals surface area contributed by atoms with Gasteiger partial charge in [0.2, 0.25) is 0 Å². The van der Waals surface area contributed by atoms with E-state index in [0.29, 0.717) is 22.1 Å². The molecular weight excluding hydrogens is 326 g/mol. The fourth-order valence-corrected chi connectivity index (χ4v) is 3.61.